The number of hydrogen-bond acceptors (Lipinski definition) is 5. The molecule has 0 bridgehead atoms. The van der Waals surface area contributed by atoms with Gasteiger partial charge < -0.3 is 5.73 Å². The number of rotatable bonds is 5. The number of benzene rings is 1. The van der Waals surface area contributed by atoms with Gasteiger partial charge in [-0.2, -0.15) is 10.1 Å². The van der Waals surface area contributed by atoms with Crippen LogP contribution in [0.5, 0.6) is 0 Å². The van der Waals surface area contributed by atoms with Gasteiger partial charge in [0.1, 0.15) is 6.61 Å². The van der Waals surface area contributed by atoms with Crippen molar-refractivity contribution in [3.63, 3.8) is 0 Å². The Hall–Kier alpha value is -1.90. The third kappa shape index (κ3) is 4.05. The third-order valence-corrected chi connectivity index (χ3v) is 3.61. The summed E-state index contributed by atoms with van der Waals surface area (Å²) in [6, 6.07) is 9.49. The van der Waals surface area contributed by atoms with Crippen LogP contribution < -0.4 is 5.73 Å². The number of hydrogen-bond donors (Lipinski definition) is 1. The summed E-state index contributed by atoms with van der Waals surface area (Å²) in [6.45, 7) is 2.24. The molecule has 0 spiro atoms. The predicted octanol–water partition coefficient (Wildman–Crippen LogP) is 2.51. The SMILES string of the molecule is CC(=NOOCc1ccc(C#N)cc1)C1CC[C@@H](N)C1. The van der Waals surface area contributed by atoms with E-state index >= 15 is 0 Å². The molecule has 2 N–H and O–H groups in total. The van der Waals surface area contributed by atoms with Crippen LogP contribution in [-0.4, -0.2) is 11.8 Å². The van der Waals surface area contributed by atoms with Crippen LogP contribution in [0.1, 0.15) is 37.3 Å². The first-order valence-corrected chi connectivity index (χ1v) is 6.77. The van der Waals surface area contributed by atoms with E-state index in [2.05, 4.69) is 11.2 Å². The van der Waals surface area contributed by atoms with E-state index in [0.29, 0.717) is 18.1 Å². The highest BCUT2D eigenvalue weighted by atomic mass is 17.3. The molecule has 1 aromatic carbocycles. The summed E-state index contributed by atoms with van der Waals surface area (Å²) in [4.78, 5) is 9.93. The summed E-state index contributed by atoms with van der Waals surface area (Å²) in [6.07, 6.45) is 3.08. The highest BCUT2D eigenvalue weighted by molar-refractivity contribution is 5.84. The van der Waals surface area contributed by atoms with Gasteiger partial charge in [-0.3, -0.25) is 0 Å². The number of nitrogens with zero attached hydrogens (tertiary/aromatic N) is 2. The van der Waals surface area contributed by atoms with Gasteiger partial charge in [0.15, 0.2) is 0 Å². The second-order valence-electron chi connectivity index (χ2n) is 5.15. The first kappa shape index (κ1) is 14.5. The molecular formula is C15H19N3O2. The summed E-state index contributed by atoms with van der Waals surface area (Å²) in [5, 5.41) is 12.7. The third-order valence-electron chi connectivity index (χ3n) is 3.61. The van der Waals surface area contributed by atoms with Crippen LogP contribution in [0.15, 0.2) is 29.4 Å². The van der Waals surface area contributed by atoms with Crippen LogP contribution in [0.3, 0.4) is 0 Å². The Balaban J connectivity index is 1.74. The summed E-state index contributed by atoms with van der Waals surface area (Å²) < 4.78 is 0. The minimum Gasteiger partial charge on any atom is -0.328 e. The van der Waals surface area contributed by atoms with Crippen LogP contribution in [0, 0.1) is 17.2 Å². The molecule has 1 fully saturated rings. The smallest absolute Gasteiger partial charge is 0.122 e. The van der Waals surface area contributed by atoms with Gasteiger partial charge in [0.2, 0.25) is 0 Å². The Morgan fingerprint density at radius 2 is 2.15 bits per heavy atom. The van der Waals surface area contributed by atoms with Gasteiger partial charge >= 0.3 is 0 Å². The van der Waals surface area contributed by atoms with Crippen LogP contribution in [0.2, 0.25) is 0 Å². The molecule has 5 heteroatoms. The maximum atomic E-state index is 8.69. The van der Waals surface area contributed by atoms with Crippen molar-refractivity contribution in [3.05, 3.63) is 35.4 Å². The van der Waals surface area contributed by atoms with Crippen LogP contribution in [0.25, 0.3) is 0 Å². The molecule has 2 atom stereocenters. The van der Waals surface area contributed by atoms with E-state index < -0.39 is 0 Å². The van der Waals surface area contributed by atoms with E-state index in [4.69, 9.17) is 20.9 Å². The van der Waals surface area contributed by atoms with Crippen molar-refractivity contribution in [3.8, 4) is 6.07 Å². The number of nitrogens with two attached hydrogens (primary N) is 1. The van der Waals surface area contributed by atoms with Crippen molar-refractivity contribution >= 4 is 5.71 Å². The Kier molecular flexibility index (Phi) is 5.10. The summed E-state index contributed by atoms with van der Waals surface area (Å²) in [7, 11) is 0. The van der Waals surface area contributed by atoms with E-state index in [1.54, 1.807) is 12.1 Å². The normalized spacial score (nSPS) is 22.6. The first-order valence-electron chi connectivity index (χ1n) is 6.77. The minimum absolute atomic E-state index is 0.282. The maximum absolute atomic E-state index is 8.69. The molecule has 106 valence electrons. The average Bonchev–Trinajstić information content (AvgIpc) is 2.91. The van der Waals surface area contributed by atoms with Crippen molar-refractivity contribution < 1.29 is 9.88 Å². The van der Waals surface area contributed by atoms with Gasteiger partial charge in [-0.1, -0.05) is 17.3 Å². The molecular weight excluding hydrogens is 254 g/mol. The highest BCUT2D eigenvalue weighted by Gasteiger charge is 2.24. The lowest BCUT2D eigenvalue weighted by Gasteiger charge is -2.07. The van der Waals surface area contributed by atoms with E-state index in [-0.39, 0.29) is 6.04 Å². The molecule has 1 saturated carbocycles. The van der Waals surface area contributed by atoms with Gasteiger partial charge in [0.25, 0.3) is 0 Å². The van der Waals surface area contributed by atoms with E-state index in [9.17, 15) is 0 Å². The molecule has 5 nitrogen and oxygen atoms in total. The zero-order valence-corrected chi connectivity index (χ0v) is 11.6. The lowest BCUT2D eigenvalue weighted by atomic mass is 10.0. The molecule has 2 rings (SSSR count). The van der Waals surface area contributed by atoms with E-state index in [1.807, 2.05) is 19.1 Å². The van der Waals surface area contributed by atoms with Crippen molar-refractivity contribution in [1.29, 1.82) is 5.26 Å². The fourth-order valence-electron chi connectivity index (χ4n) is 2.33. The Bertz CT molecular complexity index is 505. The molecule has 0 amide bonds. The standard InChI is InChI=1S/C15H19N3O2/c1-11(14-6-7-15(17)8-14)18-20-19-10-13-4-2-12(9-16)3-5-13/h2-5,14-15H,6-8,10,17H2,1H3/t14?,15-/m1/s1. The van der Waals surface area contributed by atoms with Crippen LogP contribution >= 0.6 is 0 Å². The molecule has 0 saturated heterocycles. The molecule has 0 aliphatic heterocycles. The summed E-state index contributed by atoms with van der Waals surface area (Å²) in [5.41, 5.74) is 8.35. The van der Waals surface area contributed by atoms with Crippen molar-refractivity contribution in [2.24, 2.45) is 16.8 Å². The lowest BCUT2D eigenvalue weighted by Crippen LogP contribution is -2.17. The molecule has 0 radical (unpaired) electrons. The number of nitriles is 1. The fourth-order valence-corrected chi connectivity index (χ4v) is 2.33. The monoisotopic (exact) mass is 273 g/mol. The van der Waals surface area contributed by atoms with Gasteiger partial charge in [0.05, 0.1) is 17.3 Å². The Morgan fingerprint density at radius 1 is 1.40 bits per heavy atom. The summed E-state index contributed by atoms with van der Waals surface area (Å²) in [5.74, 6) is 0.406. The molecule has 1 aromatic rings. The molecule has 20 heavy (non-hydrogen) atoms. The second-order valence-corrected chi connectivity index (χ2v) is 5.15. The van der Waals surface area contributed by atoms with Crippen molar-refractivity contribution in [2.45, 2.75) is 38.8 Å². The minimum atomic E-state index is 0.282. The second kappa shape index (κ2) is 7.04. The van der Waals surface area contributed by atoms with Gasteiger partial charge in [-0.25, -0.2) is 4.99 Å². The molecule has 0 aromatic heterocycles. The summed E-state index contributed by atoms with van der Waals surface area (Å²) >= 11 is 0. The van der Waals surface area contributed by atoms with E-state index in [0.717, 1.165) is 30.5 Å². The molecule has 1 unspecified atom stereocenters. The largest absolute Gasteiger partial charge is 0.328 e. The van der Waals surface area contributed by atoms with Crippen molar-refractivity contribution in [1.82, 2.24) is 0 Å². The number of oxime groups is 1. The van der Waals surface area contributed by atoms with Gasteiger partial charge in [-0.05, 0) is 43.9 Å². The molecule has 1 aliphatic rings. The Labute approximate surface area is 118 Å². The maximum Gasteiger partial charge on any atom is 0.122 e. The van der Waals surface area contributed by atoms with Crippen LogP contribution in [-0.2, 0) is 16.5 Å². The fraction of sp³-hybridized carbons (Fsp3) is 0.467. The van der Waals surface area contributed by atoms with Gasteiger partial charge in [-0.15, -0.1) is 0 Å². The first-order chi connectivity index (χ1) is 9.69. The zero-order valence-electron chi connectivity index (χ0n) is 11.6. The van der Waals surface area contributed by atoms with E-state index in [1.165, 1.54) is 0 Å². The lowest BCUT2D eigenvalue weighted by molar-refractivity contribution is -0.305. The molecule has 1 aliphatic carbocycles. The Morgan fingerprint density at radius 3 is 2.75 bits per heavy atom. The highest BCUT2D eigenvalue weighted by Crippen LogP contribution is 2.25. The topological polar surface area (TPSA) is 80.6 Å². The average molecular weight is 273 g/mol. The van der Waals surface area contributed by atoms with Crippen LogP contribution in [0.4, 0.5) is 0 Å². The van der Waals surface area contributed by atoms with Crippen molar-refractivity contribution in [2.75, 3.05) is 0 Å². The molecule has 0 heterocycles. The zero-order chi connectivity index (χ0) is 14.4. The quantitative estimate of drug-likeness (QED) is 0.387. The predicted molar refractivity (Wildman–Crippen MR) is 75.5 cm³/mol. The van der Waals surface area contributed by atoms with Gasteiger partial charge in [0, 0.05) is 12.0 Å².